The molecular weight excluding hydrogens is 446 g/mol. The lowest BCUT2D eigenvalue weighted by Crippen LogP contribution is -2.36. The Morgan fingerprint density at radius 1 is 1.16 bits per heavy atom. The lowest BCUT2D eigenvalue weighted by atomic mass is 10.0. The molecular formula is C24H26ClN3O3S. The highest BCUT2D eigenvalue weighted by Gasteiger charge is 2.36. The van der Waals surface area contributed by atoms with Crippen molar-refractivity contribution in [1.82, 2.24) is 5.32 Å². The summed E-state index contributed by atoms with van der Waals surface area (Å²) in [6.07, 6.45) is 5.63. The molecule has 0 radical (unpaired) electrons. The average molecular weight is 472 g/mol. The van der Waals surface area contributed by atoms with E-state index in [1.807, 2.05) is 36.1 Å². The summed E-state index contributed by atoms with van der Waals surface area (Å²) in [5, 5.41) is 3.36. The van der Waals surface area contributed by atoms with E-state index in [2.05, 4.69) is 9.71 Å². The van der Waals surface area contributed by atoms with Crippen LogP contribution in [0.4, 0.5) is 5.69 Å². The highest BCUT2D eigenvalue weighted by molar-refractivity contribution is 7.90. The number of nitrogens with zero attached hydrogens (tertiary/aromatic N) is 2. The Hall–Kier alpha value is -2.38. The van der Waals surface area contributed by atoms with Crippen molar-refractivity contribution < 1.29 is 13.2 Å². The molecule has 5 rings (SSSR count). The van der Waals surface area contributed by atoms with Crippen molar-refractivity contribution in [2.75, 3.05) is 11.4 Å². The predicted molar refractivity (Wildman–Crippen MR) is 126 cm³/mol. The number of aryl methyl sites for hydroxylation is 1. The Morgan fingerprint density at radius 2 is 1.91 bits per heavy atom. The fraction of sp³-hybridized carbons (Fsp3) is 0.417. The van der Waals surface area contributed by atoms with Gasteiger partial charge in [-0.15, -0.1) is 4.40 Å². The van der Waals surface area contributed by atoms with Crippen molar-refractivity contribution in [3.63, 3.8) is 0 Å². The zero-order chi connectivity index (χ0) is 22.5. The molecule has 1 unspecified atom stereocenters. The topological polar surface area (TPSA) is 78.8 Å². The van der Waals surface area contributed by atoms with E-state index in [9.17, 15) is 13.2 Å². The van der Waals surface area contributed by atoms with Crippen LogP contribution < -0.4 is 10.2 Å². The van der Waals surface area contributed by atoms with Gasteiger partial charge in [0.05, 0.1) is 22.3 Å². The van der Waals surface area contributed by atoms with Crippen LogP contribution in [0.3, 0.4) is 0 Å². The maximum absolute atomic E-state index is 13.2. The molecule has 6 nitrogen and oxygen atoms in total. The third-order valence-corrected chi connectivity index (χ3v) is 8.14. The van der Waals surface area contributed by atoms with Crippen molar-refractivity contribution in [1.29, 1.82) is 0 Å². The zero-order valence-electron chi connectivity index (χ0n) is 18.0. The van der Waals surface area contributed by atoms with Crippen molar-refractivity contribution in [3.05, 3.63) is 58.1 Å². The van der Waals surface area contributed by atoms with Gasteiger partial charge in [-0.3, -0.25) is 4.79 Å². The number of hydrogen-bond donors (Lipinski definition) is 1. The number of rotatable bonds is 4. The molecule has 32 heavy (non-hydrogen) atoms. The molecule has 168 valence electrons. The molecule has 1 saturated heterocycles. The number of sulfonamides is 1. The van der Waals surface area contributed by atoms with Crippen LogP contribution in [0.5, 0.6) is 0 Å². The third kappa shape index (κ3) is 4.04. The molecule has 1 N–H and O–H groups in total. The first-order chi connectivity index (χ1) is 15.3. The van der Waals surface area contributed by atoms with Gasteiger partial charge in [0, 0.05) is 13.0 Å². The summed E-state index contributed by atoms with van der Waals surface area (Å²) >= 11 is 6.54. The first-order valence-electron chi connectivity index (χ1n) is 11.2. The van der Waals surface area contributed by atoms with Crippen LogP contribution in [0.25, 0.3) is 0 Å². The fourth-order valence-electron chi connectivity index (χ4n) is 4.57. The molecule has 1 aliphatic carbocycles. The van der Waals surface area contributed by atoms with E-state index in [1.54, 1.807) is 6.07 Å². The molecule has 2 heterocycles. The largest absolute Gasteiger partial charge is 0.345 e. The number of halogens is 1. The maximum atomic E-state index is 13.2. The molecule has 0 bridgehead atoms. The summed E-state index contributed by atoms with van der Waals surface area (Å²) in [5.41, 5.74) is 2.90. The quantitative estimate of drug-likeness (QED) is 0.679. The first kappa shape index (κ1) is 21.5. The van der Waals surface area contributed by atoms with Crippen LogP contribution in [0, 0.1) is 12.8 Å². The number of benzene rings is 2. The van der Waals surface area contributed by atoms with Gasteiger partial charge in [-0.1, -0.05) is 47.9 Å². The first-order valence-corrected chi connectivity index (χ1v) is 13.0. The van der Waals surface area contributed by atoms with Crippen LogP contribution >= 0.6 is 11.6 Å². The standard InChI is InChI=1S/C24H26ClN3O3S/c1-15-6-8-16(9-7-15)23(17-10-11-17)26-24(29)18-13-21-20(14-19(18)25)28-12-4-2-3-5-22(28)27-32(21,30)31/h6-9,13-14,17,23H,2-5,10-12H2,1H3,(H,26,29). The fourth-order valence-corrected chi connectivity index (χ4v) is 6.08. The van der Waals surface area contributed by atoms with E-state index in [0.29, 0.717) is 30.4 Å². The summed E-state index contributed by atoms with van der Waals surface area (Å²) in [5.74, 6) is 0.582. The van der Waals surface area contributed by atoms with Crippen LogP contribution in [-0.4, -0.2) is 26.7 Å². The normalized spacial score (nSPS) is 20.4. The Morgan fingerprint density at radius 3 is 2.62 bits per heavy atom. The molecule has 1 saturated carbocycles. The van der Waals surface area contributed by atoms with Crippen molar-refractivity contribution in [2.24, 2.45) is 10.3 Å². The van der Waals surface area contributed by atoms with E-state index in [4.69, 9.17) is 11.6 Å². The number of anilines is 1. The molecule has 1 atom stereocenters. The minimum absolute atomic E-state index is 0.0519. The summed E-state index contributed by atoms with van der Waals surface area (Å²) < 4.78 is 29.9. The van der Waals surface area contributed by atoms with E-state index in [-0.39, 0.29) is 27.4 Å². The number of amides is 1. The van der Waals surface area contributed by atoms with Gasteiger partial charge in [0.25, 0.3) is 15.9 Å². The van der Waals surface area contributed by atoms with Gasteiger partial charge < -0.3 is 10.2 Å². The molecule has 2 fully saturated rings. The second-order valence-corrected chi connectivity index (χ2v) is 10.9. The number of fused-ring (bicyclic) bond motifs is 3. The van der Waals surface area contributed by atoms with Crippen LogP contribution in [0.15, 0.2) is 45.7 Å². The van der Waals surface area contributed by atoms with Crippen LogP contribution in [-0.2, 0) is 10.0 Å². The molecule has 1 amide bonds. The molecule has 2 aliphatic heterocycles. The Labute approximate surface area is 193 Å². The van der Waals surface area contributed by atoms with Gasteiger partial charge in [-0.2, -0.15) is 8.42 Å². The monoisotopic (exact) mass is 471 g/mol. The van der Waals surface area contributed by atoms with Gasteiger partial charge in [0.2, 0.25) is 0 Å². The highest BCUT2D eigenvalue weighted by Crippen LogP contribution is 2.42. The third-order valence-electron chi connectivity index (χ3n) is 6.50. The number of hydrogen-bond acceptors (Lipinski definition) is 4. The minimum atomic E-state index is -3.88. The van der Waals surface area contributed by atoms with Gasteiger partial charge in [-0.05, 0) is 56.2 Å². The predicted octanol–water partition coefficient (Wildman–Crippen LogP) is 5.01. The number of amidine groups is 1. The van der Waals surface area contributed by atoms with Gasteiger partial charge in [-0.25, -0.2) is 0 Å². The van der Waals surface area contributed by atoms with Crippen LogP contribution in [0.2, 0.25) is 5.02 Å². The van der Waals surface area contributed by atoms with E-state index >= 15 is 0 Å². The van der Waals surface area contributed by atoms with Crippen molar-refractivity contribution >= 4 is 39.1 Å². The molecule has 8 heteroatoms. The number of carbonyl (C=O) groups excluding carboxylic acids is 1. The maximum Gasteiger partial charge on any atom is 0.286 e. The van der Waals surface area contributed by atoms with E-state index in [0.717, 1.165) is 43.2 Å². The Bertz CT molecular complexity index is 1200. The zero-order valence-corrected chi connectivity index (χ0v) is 19.5. The summed E-state index contributed by atoms with van der Waals surface area (Å²) in [7, 11) is -3.88. The number of nitrogens with one attached hydrogen (secondary N) is 1. The van der Waals surface area contributed by atoms with Gasteiger partial charge >= 0.3 is 0 Å². The summed E-state index contributed by atoms with van der Waals surface area (Å²) in [6.45, 7) is 2.72. The SMILES string of the molecule is Cc1ccc(C(NC(=O)c2cc3c(cc2Cl)N2CCCCCC2=NS3(=O)=O)C2CC2)cc1. The molecule has 2 aromatic rings. The summed E-state index contributed by atoms with van der Waals surface area (Å²) in [4.78, 5) is 15.2. The van der Waals surface area contributed by atoms with Crippen molar-refractivity contribution in [2.45, 2.75) is 56.4 Å². The lowest BCUT2D eigenvalue weighted by molar-refractivity contribution is 0.0931. The Balaban J connectivity index is 1.49. The smallest absolute Gasteiger partial charge is 0.286 e. The van der Waals surface area contributed by atoms with E-state index < -0.39 is 10.0 Å². The second kappa shape index (κ2) is 8.19. The molecule has 3 aliphatic rings. The van der Waals surface area contributed by atoms with Crippen LogP contribution in [0.1, 0.15) is 66.1 Å². The van der Waals surface area contributed by atoms with Crippen molar-refractivity contribution in [3.8, 4) is 0 Å². The lowest BCUT2D eigenvalue weighted by Gasteiger charge is -2.30. The molecule has 2 aromatic carbocycles. The average Bonchev–Trinajstić information content (AvgIpc) is 3.59. The molecule has 0 aromatic heterocycles. The second-order valence-electron chi connectivity index (χ2n) is 8.94. The Kier molecular flexibility index (Phi) is 5.50. The minimum Gasteiger partial charge on any atom is -0.345 e. The van der Waals surface area contributed by atoms with E-state index in [1.165, 1.54) is 6.07 Å². The number of carbonyl (C=O) groups is 1. The summed E-state index contributed by atoms with van der Waals surface area (Å²) in [6, 6.07) is 11.0. The molecule has 0 spiro atoms. The highest BCUT2D eigenvalue weighted by atomic mass is 35.5. The van der Waals surface area contributed by atoms with Gasteiger partial charge in [0.15, 0.2) is 0 Å². The van der Waals surface area contributed by atoms with Gasteiger partial charge in [0.1, 0.15) is 10.7 Å².